The third kappa shape index (κ3) is 2.53. The molecule has 4 heteroatoms. The standard InChI is InChI=1S/C13H16N4/c1-14-13(15-2)16-8-7-10-9-17-12-6-4-3-5-11(10)12/h3-6,9,17H,1,7-8H2,2H3,(H,15,16). The van der Waals surface area contributed by atoms with Crippen LogP contribution in [0, 0.1) is 0 Å². The lowest BCUT2D eigenvalue weighted by Gasteiger charge is -2.03. The minimum Gasteiger partial charge on any atom is -0.361 e. The maximum Gasteiger partial charge on any atom is 0.217 e. The molecular weight excluding hydrogens is 212 g/mol. The Balaban J connectivity index is 2.02. The average Bonchev–Trinajstić information content (AvgIpc) is 2.78. The number of hydrogen-bond acceptors (Lipinski definition) is 1. The number of fused-ring (bicyclic) bond motifs is 1. The van der Waals surface area contributed by atoms with Gasteiger partial charge in [-0.15, -0.1) is 0 Å². The SMILES string of the molecule is C=NC(=NC)NCCc1c[nH]c2ccccc12. The monoisotopic (exact) mass is 228 g/mol. The molecule has 0 fully saturated rings. The van der Waals surface area contributed by atoms with Crippen LogP contribution in [-0.2, 0) is 6.42 Å². The molecular formula is C13H16N4. The van der Waals surface area contributed by atoms with E-state index in [1.807, 2.05) is 6.07 Å². The highest BCUT2D eigenvalue weighted by atomic mass is 15.1. The Kier molecular flexibility index (Phi) is 3.55. The molecule has 2 rings (SSSR count). The molecule has 0 bridgehead atoms. The van der Waals surface area contributed by atoms with Crippen molar-refractivity contribution < 1.29 is 0 Å². The van der Waals surface area contributed by atoms with Crippen molar-refractivity contribution in [3.63, 3.8) is 0 Å². The van der Waals surface area contributed by atoms with E-state index in [1.165, 1.54) is 16.5 Å². The van der Waals surface area contributed by atoms with E-state index in [2.05, 4.69) is 51.4 Å². The molecule has 0 saturated carbocycles. The van der Waals surface area contributed by atoms with Gasteiger partial charge >= 0.3 is 0 Å². The molecule has 4 nitrogen and oxygen atoms in total. The Bertz CT molecular complexity index is 539. The van der Waals surface area contributed by atoms with Gasteiger partial charge < -0.3 is 10.3 Å². The van der Waals surface area contributed by atoms with E-state index in [0.717, 1.165) is 13.0 Å². The Labute approximate surface area is 100 Å². The fourth-order valence-corrected chi connectivity index (χ4v) is 1.85. The summed E-state index contributed by atoms with van der Waals surface area (Å²) in [5, 5.41) is 4.40. The number of aromatic amines is 1. The molecule has 0 radical (unpaired) electrons. The zero-order chi connectivity index (χ0) is 12.1. The van der Waals surface area contributed by atoms with Gasteiger partial charge in [0.2, 0.25) is 5.96 Å². The van der Waals surface area contributed by atoms with E-state index in [1.54, 1.807) is 7.05 Å². The van der Waals surface area contributed by atoms with Crippen LogP contribution in [0.2, 0.25) is 0 Å². The van der Waals surface area contributed by atoms with Crippen LogP contribution in [0.1, 0.15) is 5.56 Å². The smallest absolute Gasteiger partial charge is 0.217 e. The topological polar surface area (TPSA) is 52.5 Å². The lowest BCUT2D eigenvalue weighted by Crippen LogP contribution is -2.23. The Hall–Kier alpha value is -2.10. The maximum atomic E-state index is 3.96. The highest BCUT2D eigenvalue weighted by molar-refractivity contribution is 5.84. The molecule has 0 aliphatic heterocycles. The van der Waals surface area contributed by atoms with E-state index < -0.39 is 0 Å². The van der Waals surface area contributed by atoms with Crippen molar-refractivity contribution in [2.75, 3.05) is 13.6 Å². The summed E-state index contributed by atoms with van der Waals surface area (Å²) in [6.07, 6.45) is 2.98. The third-order valence-electron chi connectivity index (χ3n) is 2.71. The summed E-state index contributed by atoms with van der Waals surface area (Å²) < 4.78 is 0. The van der Waals surface area contributed by atoms with Crippen LogP contribution in [0.25, 0.3) is 10.9 Å². The van der Waals surface area contributed by atoms with Gasteiger partial charge in [-0.25, -0.2) is 4.99 Å². The van der Waals surface area contributed by atoms with E-state index in [-0.39, 0.29) is 0 Å². The zero-order valence-corrected chi connectivity index (χ0v) is 9.90. The summed E-state index contributed by atoms with van der Waals surface area (Å²) in [5.74, 6) is 0.588. The Morgan fingerprint density at radius 3 is 3.00 bits per heavy atom. The normalized spacial score (nSPS) is 11.7. The lowest BCUT2D eigenvalue weighted by atomic mass is 10.1. The molecule has 1 aromatic heterocycles. The van der Waals surface area contributed by atoms with Gasteiger partial charge in [0.25, 0.3) is 0 Å². The number of guanidine groups is 1. The molecule has 0 unspecified atom stereocenters. The molecule has 1 aromatic carbocycles. The third-order valence-corrected chi connectivity index (χ3v) is 2.71. The fraction of sp³-hybridized carbons (Fsp3) is 0.231. The molecule has 2 aromatic rings. The summed E-state index contributed by atoms with van der Waals surface area (Å²) in [6.45, 7) is 4.25. The Morgan fingerprint density at radius 2 is 2.24 bits per heavy atom. The number of para-hydroxylation sites is 1. The van der Waals surface area contributed by atoms with Crippen molar-refractivity contribution in [2.24, 2.45) is 9.98 Å². The first-order valence-electron chi connectivity index (χ1n) is 5.57. The van der Waals surface area contributed by atoms with E-state index >= 15 is 0 Å². The average molecular weight is 228 g/mol. The van der Waals surface area contributed by atoms with Crippen LogP contribution in [0.15, 0.2) is 40.4 Å². The van der Waals surface area contributed by atoms with Crippen molar-refractivity contribution in [3.05, 3.63) is 36.0 Å². The van der Waals surface area contributed by atoms with Gasteiger partial charge in [0, 0.05) is 30.7 Å². The van der Waals surface area contributed by atoms with Crippen molar-refractivity contribution in [1.82, 2.24) is 10.3 Å². The van der Waals surface area contributed by atoms with Gasteiger partial charge in [-0.3, -0.25) is 4.99 Å². The molecule has 0 aliphatic carbocycles. The van der Waals surface area contributed by atoms with Gasteiger partial charge in [-0.05, 0) is 24.8 Å². The van der Waals surface area contributed by atoms with Gasteiger partial charge in [0.05, 0.1) is 0 Å². The molecule has 0 amide bonds. The minimum atomic E-state index is 0.588. The number of nitrogens with zero attached hydrogens (tertiary/aromatic N) is 2. The van der Waals surface area contributed by atoms with E-state index in [4.69, 9.17) is 0 Å². The van der Waals surface area contributed by atoms with Crippen LogP contribution in [-0.4, -0.2) is 31.3 Å². The number of H-pyrrole nitrogens is 1. The first-order valence-corrected chi connectivity index (χ1v) is 5.57. The van der Waals surface area contributed by atoms with Crippen LogP contribution in [0.5, 0.6) is 0 Å². The van der Waals surface area contributed by atoms with Gasteiger partial charge in [0.1, 0.15) is 0 Å². The first kappa shape index (κ1) is 11.4. The molecule has 1 heterocycles. The molecule has 17 heavy (non-hydrogen) atoms. The number of rotatable bonds is 3. The van der Waals surface area contributed by atoms with E-state index in [0.29, 0.717) is 5.96 Å². The van der Waals surface area contributed by atoms with Gasteiger partial charge in [0.15, 0.2) is 0 Å². The van der Waals surface area contributed by atoms with Gasteiger partial charge in [-0.2, -0.15) is 0 Å². The minimum absolute atomic E-state index is 0.588. The lowest BCUT2D eigenvalue weighted by molar-refractivity contribution is 0.862. The van der Waals surface area contributed by atoms with Gasteiger partial charge in [-0.1, -0.05) is 18.2 Å². The van der Waals surface area contributed by atoms with Crippen LogP contribution >= 0.6 is 0 Å². The zero-order valence-electron chi connectivity index (χ0n) is 9.90. The molecule has 88 valence electrons. The molecule has 0 saturated heterocycles. The predicted molar refractivity (Wildman–Crippen MR) is 72.9 cm³/mol. The second kappa shape index (κ2) is 5.30. The summed E-state index contributed by atoms with van der Waals surface area (Å²) in [6, 6.07) is 8.29. The number of nitrogens with one attached hydrogen (secondary N) is 2. The highest BCUT2D eigenvalue weighted by Gasteiger charge is 2.02. The highest BCUT2D eigenvalue weighted by Crippen LogP contribution is 2.17. The summed E-state index contributed by atoms with van der Waals surface area (Å²) >= 11 is 0. The molecule has 2 N–H and O–H groups in total. The van der Waals surface area contributed by atoms with Crippen molar-refractivity contribution >= 4 is 23.6 Å². The van der Waals surface area contributed by atoms with Crippen LogP contribution in [0.4, 0.5) is 0 Å². The van der Waals surface area contributed by atoms with Crippen LogP contribution < -0.4 is 5.32 Å². The molecule has 0 spiro atoms. The van der Waals surface area contributed by atoms with Crippen LogP contribution in [0.3, 0.4) is 0 Å². The predicted octanol–water partition coefficient (Wildman–Crippen LogP) is 1.99. The number of benzene rings is 1. The molecule has 0 aliphatic rings. The number of hydrogen-bond donors (Lipinski definition) is 2. The maximum absolute atomic E-state index is 3.96. The first-order chi connectivity index (χ1) is 8.35. The van der Waals surface area contributed by atoms with Crippen molar-refractivity contribution in [1.29, 1.82) is 0 Å². The fourth-order valence-electron chi connectivity index (χ4n) is 1.85. The summed E-state index contributed by atoms with van der Waals surface area (Å²) in [5.41, 5.74) is 2.47. The quantitative estimate of drug-likeness (QED) is 0.612. The molecule has 0 atom stereocenters. The summed E-state index contributed by atoms with van der Waals surface area (Å²) in [7, 11) is 1.70. The Morgan fingerprint density at radius 1 is 1.41 bits per heavy atom. The number of aliphatic imine (C=N–C) groups is 2. The van der Waals surface area contributed by atoms with Crippen molar-refractivity contribution in [3.8, 4) is 0 Å². The second-order valence-electron chi connectivity index (χ2n) is 3.74. The summed E-state index contributed by atoms with van der Waals surface area (Å²) in [4.78, 5) is 11.0. The largest absolute Gasteiger partial charge is 0.361 e. The second-order valence-corrected chi connectivity index (χ2v) is 3.74. The van der Waals surface area contributed by atoms with Crippen molar-refractivity contribution in [2.45, 2.75) is 6.42 Å². The number of aromatic nitrogens is 1. The van der Waals surface area contributed by atoms with E-state index in [9.17, 15) is 0 Å².